The van der Waals surface area contributed by atoms with E-state index in [2.05, 4.69) is 10.3 Å². The maximum atomic E-state index is 5.62. The fourth-order valence-corrected chi connectivity index (χ4v) is 1.09. The van der Waals surface area contributed by atoms with Crippen LogP contribution in [0.4, 0.5) is 5.69 Å². The molecule has 68 valence electrons. The number of anilines is 1. The molecule has 0 spiro atoms. The third kappa shape index (κ3) is 3.44. The minimum absolute atomic E-state index is 0.318. The Bertz CT molecular complexity index is 192. The van der Waals surface area contributed by atoms with Crippen molar-refractivity contribution in [2.24, 2.45) is 5.73 Å². The first-order valence-electron chi connectivity index (χ1n) is 4.41. The van der Waals surface area contributed by atoms with Crippen LogP contribution in [0, 0.1) is 0 Å². The Morgan fingerprint density at radius 3 is 3.08 bits per heavy atom. The fraction of sp³-hybridized carbons (Fsp3) is 0.556. The van der Waals surface area contributed by atoms with E-state index < -0.39 is 0 Å². The van der Waals surface area contributed by atoms with Crippen molar-refractivity contribution in [3.63, 3.8) is 0 Å². The van der Waals surface area contributed by atoms with Crippen molar-refractivity contribution in [2.75, 3.05) is 11.9 Å². The fourth-order valence-electron chi connectivity index (χ4n) is 1.09. The molecule has 0 aliphatic rings. The summed E-state index contributed by atoms with van der Waals surface area (Å²) in [6.45, 7) is 3.04. The van der Waals surface area contributed by atoms with Gasteiger partial charge in [-0.3, -0.25) is 0 Å². The van der Waals surface area contributed by atoms with E-state index in [4.69, 9.17) is 5.73 Å². The lowest BCUT2D eigenvalue weighted by atomic mass is 10.2. The average Bonchev–Trinajstić information content (AvgIpc) is 2.49. The van der Waals surface area contributed by atoms with E-state index in [1.165, 1.54) is 0 Å². The van der Waals surface area contributed by atoms with Crippen LogP contribution in [0.2, 0.25) is 0 Å². The van der Waals surface area contributed by atoms with Crippen LogP contribution < -0.4 is 11.1 Å². The Labute approximate surface area is 73.4 Å². The number of hydrogen-bond donors (Lipinski definition) is 3. The molecular weight excluding hydrogens is 150 g/mol. The SMILES string of the molecule is CC(N)CCCNc1cc[nH]c1. The van der Waals surface area contributed by atoms with E-state index >= 15 is 0 Å². The van der Waals surface area contributed by atoms with Crippen LogP contribution in [0.3, 0.4) is 0 Å². The first-order valence-corrected chi connectivity index (χ1v) is 4.41. The Kier molecular flexibility index (Phi) is 3.67. The molecule has 0 amide bonds. The van der Waals surface area contributed by atoms with Gasteiger partial charge in [0.25, 0.3) is 0 Å². The summed E-state index contributed by atoms with van der Waals surface area (Å²) in [5, 5.41) is 3.29. The predicted molar refractivity (Wildman–Crippen MR) is 52.2 cm³/mol. The van der Waals surface area contributed by atoms with E-state index in [0.717, 1.165) is 25.1 Å². The smallest absolute Gasteiger partial charge is 0.0517 e. The number of aromatic nitrogens is 1. The number of aromatic amines is 1. The van der Waals surface area contributed by atoms with Crippen molar-refractivity contribution in [3.05, 3.63) is 18.5 Å². The maximum Gasteiger partial charge on any atom is 0.0517 e. The highest BCUT2D eigenvalue weighted by molar-refractivity contribution is 5.39. The molecule has 3 nitrogen and oxygen atoms in total. The average molecular weight is 167 g/mol. The molecule has 1 aromatic rings. The lowest BCUT2D eigenvalue weighted by Gasteiger charge is -2.05. The molecule has 0 aromatic carbocycles. The molecule has 1 unspecified atom stereocenters. The van der Waals surface area contributed by atoms with Gasteiger partial charge in [0.05, 0.1) is 5.69 Å². The number of nitrogens with one attached hydrogen (secondary N) is 2. The monoisotopic (exact) mass is 167 g/mol. The summed E-state index contributed by atoms with van der Waals surface area (Å²) in [5.41, 5.74) is 6.77. The molecule has 12 heavy (non-hydrogen) atoms. The second-order valence-electron chi connectivity index (χ2n) is 3.15. The number of rotatable bonds is 5. The third-order valence-electron chi connectivity index (χ3n) is 1.76. The standard InChI is InChI=1S/C9H17N3/c1-8(10)3-2-5-12-9-4-6-11-7-9/h4,6-8,11-12H,2-3,5,10H2,1H3. The molecule has 0 bridgehead atoms. The molecule has 0 saturated heterocycles. The summed E-state index contributed by atoms with van der Waals surface area (Å²) in [6, 6.07) is 2.34. The van der Waals surface area contributed by atoms with E-state index in [-0.39, 0.29) is 0 Å². The van der Waals surface area contributed by atoms with Crippen molar-refractivity contribution in [1.82, 2.24) is 4.98 Å². The third-order valence-corrected chi connectivity index (χ3v) is 1.76. The van der Waals surface area contributed by atoms with E-state index in [0.29, 0.717) is 6.04 Å². The first-order chi connectivity index (χ1) is 5.79. The van der Waals surface area contributed by atoms with Gasteiger partial charge in [-0.05, 0) is 25.8 Å². The number of nitrogens with two attached hydrogens (primary N) is 1. The van der Waals surface area contributed by atoms with Gasteiger partial charge >= 0.3 is 0 Å². The number of H-pyrrole nitrogens is 1. The van der Waals surface area contributed by atoms with E-state index in [9.17, 15) is 0 Å². The van der Waals surface area contributed by atoms with Crippen molar-refractivity contribution in [1.29, 1.82) is 0 Å². The molecule has 1 atom stereocenters. The second-order valence-corrected chi connectivity index (χ2v) is 3.15. The van der Waals surface area contributed by atoms with Crippen LogP contribution >= 0.6 is 0 Å². The number of hydrogen-bond acceptors (Lipinski definition) is 2. The van der Waals surface area contributed by atoms with Crippen LogP contribution in [0.5, 0.6) is 0 Å². The molecule has 0 fully saturated rings. The van der Waals surface area contributed by atoms with Gasteiger partial charge in [0.2, 0.25) is 0 Å². The van der Waals surface area contributed by atoms with Crippen molar-refractivity contribution in [2.45, 2.75) is 25.8 Å². The van der Waals surface area contributed by atoms with E-state index in [1.54, 1.807) is 0 Å². The van der Waals surface area contributed by atoms with Gasteiger partial charge in [0, 0.05) is 25.0 Å². The molecule has 0 radical (unpaired) electrons. The van der Waals surface area contributed by atoms with Crippen LogP contribution in [0.15, 0.2) is 18.5 Å². The van der Waals surface area contributed by atoms with Gasteiger partial charge in [-0.15, -0.1) is 0 Å². The Morgan fingerprint density at radius 2 is 2.50 bits per heavy atom. The Hall–Kier alpha value is -0.960. The summed E-state index contributed by atoms with van der Waals surface area (Å²) in [5.74, 6) is 0. The summed E-state index contributed by atoms with van der Waals surface area (Å²) in [6.07, 6.45) is 6.07. The summed E-state index contributed by atoms with van der Waals surface area (Å²) in [4.78, 5) is 2.99. The largest absolute Gasteiger partial charge is 0.384 e. The van der Waals surface area contributed by atoms with Crippen LogP contribution in [0.1, 0.15) is 19.8 Å². The van der Waals surface area contributed by atoms with Gasteiger partial charge in [-0.25, -0.2) is 0 Å². The predicted octanol–water partition coefficient (Wildman–Crippen LogP) is 1.55. The molecule has 4 N–H and O–H groups in total. The minimum atomic E-state index is 0.318. The molecule has 0 saturated carbocycles. The normalized spacial score (nSPS) is 12.8. The van der Waals surface area contributed by atoms with Gasteiger partial charge in [0.15, 0.2) is 0 Å². The zero-order valence-electron chi connectivity index (χ0n) is 7.51. The summed E-state index contributed by atoms with van der Waals surface area (Å²) < 4.78 is 0. The first kappa shape index (κ1) is 9.13. The summed E-state index contributed by atoms with van der Waals surface area (Å²) in [7, 11) is 0. The maximum absolute atomic E-state index is 5.62. The van der Waals surface area contributed by atoms with Crippen LogP contribution in [0.25, 0.3) is 0 Å². The van der Waals surface area contributed by atoms with Gasteiger partial charge in [-0.1, -0.05) is 0 Å². The highest BCUT2D eigenvalue weighted by atomic mass is 14.9. The van der Waals surface area contributed by atoms with Gasteiger partial charge in [0.1, 0.15) is 0 Å². The van der Waals surface area contributed by atoms with Gasteiger partial charge in [-0.2, -0.15) is 0 Å². The van der Waals surface area contributed by atoms with Crippen LogP contribution in [-0.4, -0.2) is 17.6 Å². The second kappa shape index (κ2) is 4.83. The molecule has 1 rings (SSSR count). The van der Waals surface area contributed by atoms with Crippen molar-refractivity contribution >= 4 is 5.69 Å². The summed E-state index contributed by atoms with van der Waals surface area (Å²) >= 11 is 0. The lowest BCUT2D eigenvalue weighted by Crippen LogP contribution is -2.16. The molecular formula is C9H17N3. The van der Waals surface area contributed by atoms with Gasteiger partial charge < -0.3 is 16.0 Å². The van der Waals surface area contributed by atoms with Crippen LogP contribution in [-0.2, 0) is 0 Å². The van der Waals surface area contributed by atoms with Crippen molar-refractivity contribution < 1.29 is 0 Å². The molecule has 1 heterocycles. The highest BCUT2D eigenvalue weighted by Crippen LogP contribution is 2.03. The Balaban J connectivity index is 2.04. The lowest BCUT2D eigenvalue weighted by molar-refractivity contribution is 0.639. The zero-order chi connectivity index (χ0) is 8.81. The molecule has 0 aliphatic carbocycles. The minimum Gasteiger partial charge on any atom is -0.384 e. The topological polar surface area (TPSA) is 53.8 Å². The molecule has 1 aromatic heterocycles. The zero-order valence-corrected chi connectivity index (χ0v) is 7.51. The van der Waals surface area contributed by atoms with E-state index in [1.807, 2.05) is 25.4 Å². The molecule has 3 heteroatoms. The highest BCUT2D eigenvalue weighted by Gasteiger charge is 1.94. The van der Waals surface area contributed by atoms with Crippen molar-refractivity contribution in [3.8, 4) is 0 Å². The quantitative estimate of drug-likeness (QED) is 0.583. The Morgan fingerprint density at radius 1 is 1.67 bits per heavy atom. The molecule has 0 aliphatic heterocycles.